The molecule has 2 aromatic rings. The molecule has 94 valence electrons. The van der Waals surface area contributed by atoms with Crippen molar-refractivity contribution in [3.8, 4) is 0 Å². The second kappa shape index (κ2) is 5.91. The molecule has 0 aliphatic carbocycles. The quantitative estimate of drug-likeness (QED) is 0.505. The van der Waals surface area contributed by atoms with Crippen LogP contribution in [0.4, 0.5) is 4.39 Å². The molecule has 0 nitrogen and oxygen atoms in total. The van der Waals surface area contributed by atoms with Gasteiger partial charge in [0.05, 0.1) is 9.85 Å². The fourth-order valence-electron chi connectivity index (χ4n) is 1.56. The van der Waals surface area contributed by atoms with Crippen LogP contribution in [0.2, 0.25) is 5.02 Å². The van der Waals surface area contributed by atoms with Crippen LogP contribution in [-0.4, -0.2) is 0 Å². The highest BCUT2D eigenvalue weighted by atomic mass is 79.9. The Morgan fingerprint density at radius 2 is 1.78 bits per heavy atom. The topological polar surface area (TPSA) is 0 Å². The number of benzene rings is 2. The molecule has 0 aromatic heterocycles. The summed E-state index contributed by atoms with van der Waals surface area (Å²) in [5.74, 6) is -0.317. The van der Waals surface area contributed by atoms with Gasteiger partial charge in [-0.2, -0.15) is 0 Å². The van der Waals surface area contributed by atoms with Crippen LogP contribution >= 0.6 is 55.1 Å². The van der Waals surface area contributed by atoms with Gasteiger partial charge in [0.1, 0.15) is 5.82 Å². The van der Waals surface area contributed by atoms with Gasteiger partial charge in [-0.05, 0) is 57.4 Å². The summed E-state index contributed by atoms with van der Waals surface area (Å²) in [6, 6.07) is 10.2. The summed E-state index contributed by atoms with van der Waals surface area (Å²) in [5.41, 5.74) is 1.57. The van der Waals surface area contributed by atoms with E-state index in [1.54, 1.807) is 18.2 Å². The molecule has 0 bridgehead atoms. The number of alkyl halides is 1. The largest absolute Gasteiger partial charge is 0.206 e. The van der Waals surface area contributed by atoms with Crippen LogP contribution in [0.25, 0.3) is 0 Å². The summed E-state index contributed by atoms with van der Waals surface area (Å²) >= 11 is 19.0. The molecular weight excluding hydrogens is 406 g/mol. The minimum absolute atomic E-state index is 0.317. The maximum Gasteiger partial charge on any atom is 0.137 e. The highest BCUT2D eigenvalue weighted by Gasteiger charge is 2.15. The normalized spacial score (nSPS) is 12.5. The van der Waals surface area contributed by atoms with Gasteiger partial charge in [-0.25, -0.2) is 4.39 Å². The van der Waals surface area contributed by atoms with Crippen molar-refractivity contribution in [3.05, 3.63) is 67.3 Å². The van der Waals surface area contributed by atoms with E-state index in [1.807, 2.05) is 12.1 Å². The molecule has 1 unspecified atom stereocenters. The fraction of sp³-hybridized carbons (Fsp3) is 0.0769. The number of hydrogen-bond acceptors (Lipinski definition) is 0. The van der Waals surface area contributed by atoms with E-state index in [0.717, 1.165) is 15.6 Å². The first kappa shape index (κ1) is 14.3. The lowest BCUT2D eigenvalue weighted by Crippen LogP contribution is -1.95. The lowest BCUT2D eigenvalue weighted by Gasteiger charge is -2.13. The molecule has 2 aromatic carbocycles. The molecule has 0 amide bonds. The first-order chi connectivity index (χ1) is 8.49. The first-order valence-electron chi connectivity index (χ1n) is 5.03. The van der Waals surface area contributed by atoms with Crippen LogP contribution in [0.5, 0.6) is 0 Å². The molecule has 0 heterocycles. The average Bonchev–Trinajstić information content (AvgIpc) is 2.35. The Morgan fingerprint density at radius 1 is 1.06 bits per heavy atom. The zero-order chi connectivity index (χ0) is 13.3. The van der Waals surface area contributed by atoms with Gasteiger partial charge in [0.2, 0.25) is 0 Å². The van der Waals surface area contributed by atoms with Gasteiger partial charge in [0.15, 0.2) is 0 Å². The van der Waals surface area contributed by atoms with Crippen molar-refractivity contribution in [3.63, 3.8) is 0 Å². The van der Waals surface area contributed by atoms with E-state index < -0.39 is 5.38 Å². The van der Waals surface area contributed by atoms with Gasteiger partial charge in [-0.1, -0.05) is 33.6 Å². The summed E-state index contributed by atoms with van der Waals surface area (Å²) in [5, 5.41) is 0.158. The fourth-order valence-corrected chi connectivity index (χ4v) is 2.93. The Balaban J connectivity index is 2.44. The van der Waals surface area contributed by atoms with Crippen molar-refractivity contribution in [2.45, 2.75) is 5.38 Å². The second-order valence-corrected chi connectivity index (χ2v) is 6.32. The van der Waals surface area contributed by atoms with Crippen molar-refractivity contribution < 1.29 is 4.39 Å². The molecule has 2 rings (SSSR count). The lowest BCUT2D eigenvalue weighted by molar-refractivity contribution is 0.620. The predicted octanol–water partition coefficient (Wildman–Crippen LogP) is 6.33. The van der Waals surface area contributed by atoms with E-state index >= 15 is 0 Å². The number of hydrogen-bond donors (Lipinski definition) is 0. The van der Waals surface area contributed by atoms with Gasteiger partial charge in [-0.15, -0.1) is 11.6 Å². The van der Waals surface area contributed by atoms with E-state index in [-0.39, 0.29) is 5.82 Å². The Hall–Kier alpha value is -0.0900. The summed E-state index contributed by atoms with van der Waals surface area (Å²) in [6.07, 6.45) is 0. The summed E-state index contributed by atoms with van der Waals surface area (Å²) in [7, 11) is 0. The maximum absolute atomic E-state index is 13.2. The van der Waals surface area contributed by atoms with Crippen molar-refractivity contribution in [1.29, 1.82) is 0 Å². The molecule has 18 heavy (non-hydrogen) atoms. The molecule has 0 radical (unpaired) electrons. The molecule has 5 heteroatoms. The zero-order valence-corrected chi connectivity index (χ0v) is 13.6. The minimum Gasteiger partial charge on any atom is -0.206 e. The van der Waals surface area contributed by atoms with Gasteiger partial charge in [-0.3, -0.25) is 0 Å². The molecule has 0 saturated carbocycles. The SMILES string of the molecule is Fc1ccc(C(Cl)c2cc(Br)ccc2Cl)cc1Br. The summed E-state index contributed by atoms with van der Waals surface area (Å²) < 4.78 is 14.5. The van der Waals surface area contributed by atoms with Gasteiger partial charge < -0.3 is 0 Å². The van der Waals surface area contributed by atoms with Crippen molar-refractivity contribution >= 4 is 55.1 Å². The summed E-state index contributed by atoms with van der Waals surface area (Å²) in [6.45, 7) is 0. The van der Waals surface area contributed by atoms with Crippen LogP contribution in [-0.2, 0) is 0 Å². The van der Waals surface area contributed by atoms with E-state index in [9.17, 15) is 4.39 Å². The average molecular weight is 413 g/mol. The Morgan fingerprint density at radius 3 is 2.44 bits per heavy atom. The molecule has 0 saturated heterocycles. The Bertz CT molecular complexity index is 587. The van der Waals surface area contributed by atoms with Crippen molar-refractivity contribution in [2.24, 2.45) is 0 Å². The molecule has 0 spiro atoms. The Kier molecular flexibility index (Phi) is 4.70. The van der Waals surface area contributed by atoms with Gasteiger partial charge in [0, 0.05) is 9.50 Å². The van der Waals surface area contributed by atoms with Crippen LogP contribution in [0.15, 0.2) is 45.3 Å². The molecule has 0 aliphatic rings. The molecule has 0 fully saturated rings. The molecule has 0 aliphatic heterocycles. The third-order valence-electron chi connectivity index (χ3n) is 2.47. The molecule has 0 N–H and O–H groups in total. The lowest BCUT2D eigenvalue weighted by atomic mass is 10.0. The summed E-state index contributed by atoms with van der Waals surface area (Å²) in [4.78, 5) is 0. The molecule has 1 atom stereocenters. The Labute approximate surface area is 131 Å². The number of halogens is 5. The number of rotatable bonds is 2. The first-order valence-corrected chi connectivity index (χ1v) is 7.43. The van der Waals surface area contributed by atoms with Gasteiger partial charge in [0.25, 0.3) is 0 Å². The standard InChI is InChI=1S/C13H7Br2Cl2F/c14-8-2-3-11(16)9(6-8)13(17)7-1-4-12(18)10(15)5-7/h1-6,13H. The maximum atomic E-state index is 13.2. The monoisotopic (exact) mass is 410 g/mol. The predicted molar refractivity (Wildman–Crippen MR) is 80.9 cm³/mol. The third kappa shape index (κ3) is 3.08. The van der Waals surface area contributed by atoms with Crippen LogP contribution < -0.4 is 0 Å². The second-order valence-electron chi connectivity index (χ2n) is 3.70. The van der Waals surface area contributed by atoms with Crippen LogP contribution in [0.1, 0.15) is 16.5 Å². The van der Waals surface area contributed by atoms with Crippen LogP contribution in [0, 0.1) is 5.82 Å². The van der Waals surface area contributed by atoms with Crippen molar-refractivity contribution in [1.82, 2.24) is 0 Å². The van der Waals surface area contributed by atoms with E-state index in [2.05, 4.69) is 31.9 Å². The zero-order valence-electron chi connectivity index (χ0n) is 8.93. The van der Waals surface area contributed by atoms with E-state index in [1.165, 1.54) is 6.07 Å². The van der Waals surface area contributed by atoms with Crippen molar-refractivity contribution in [2.75, 3.05) is 0 Å². The van der Waals surface area contributed by atoms with E-state index in [4.69, 9.17) is 23.2 Å². The minimum atomic E-state index is -0.424. The van der Waals surface area contributed by atoms with E-state index in [0.29, 0.717) is 9.50 Å². The van der Waals surface area contributed by atoms with Crippen LogP contribution in [0.3, 0.4) is 0 Å². The third-order valence-corrected chi connectivity index (χ3v) is 4.40. The highest BCUT2D eigenvalue weighted by molar-refractivity contribution is 9.10. The molecular formula is C13H7Br2Cl2F. The van der Waals surface area contributed by atoms with Gasteiger partial charge >= 0.3 is 0 Å². The smallest absolute Gasteiger partial charge is 0.137 e. The highest BCUT2D eigenvalue weighted by Crippen LogP contribution is 2.36.